The van der Waals surface area contributed by atoms with E-state index in [0.717, 1.165) is 61.1 Å². The van der Waals surface area contributed by atoms with Crippen LogP contribution in [-0.4, -0.2) is 59.7 Å². The van der Waals surface area contributed by atoms with Crippen LogP contribution in [-0.2, 0) is 22.4 Å². The first kappa shape index (κ1) is 32.2. The van der Waals surface area contributed by atoms with Crippen LogP contribution in [0, 0.1) is 0 Å². The fourth-order valence-electron chi connectivity index (χ4n) is 6.51. The normalized spacial score (nSPS) is 15.8. The first-order valence-electron chi connectivity index (χ1n) is 16.8. The number of pyridine rings is 1. The van der Waals surface area contributed by atoms with Crippen molar-refractivity contribution < 1.29 is 18.9 Å². The van der Waals surface area contributed by atoms with E-state index in [2.05, 4.69) is 55.8 Å². The van der Waals surface area contributed by atoms with Gasteiger partial charge in [-0.3, -0.25) is 4.79 Å². The van der Waals surface area contributed by atoms with Gasteiger partial charge in [-0.25, -0.2) is 19.3 Å². The number of nitrogens with zero attached hydrogens (tertiary/aromatic N) is 4. The monoisotopic (exact) mass is 636 g/mol. The van der Waals surface area contributed by atoms with Crippen molar-refractivity contribution in [1.82, 2.24) is 15.3 Å². The largest absolute Gasteiger partial charge is 0.458 e. The third kappa shape index (κ3) is 7.64. The highest BCUT2D eigenvalue weighted by atomic mass is 16.6. The van der Waals surface area contributed by atoms with Gasteiger partial charge in [0, 0.05) is 56.2 Å². The molecule has 6 rings (SSSR count). The number of piperidine rings is 1. The lowest BCUT2D eigenvalue weighted by Gasteiger charge is -2.32. The Morgan fingerprint density at radius 3 is 2.64 bits per heavy atom. The van der Waals surface area contributed by atoms with Gasteiger partial charge >= 0.3 is 5.97 Å². The van der Waals surface area contributed by atoms with Gasteiger partial charge in [-0.05, 0) is 68.5 Å². The molecule has 3 N–H and O–H groups in total. The molecule has 10 heteroatoms. The quantitative estimate of drug-likeness (QED) is 0.169. The van der Waals surface area contributed by atoms with Crippen LogP contribution in [0.5, 0.6) is 0 Å². The molecule has 2 aromatic carbocycles. The summed E-state index contributed by atoms with van der Waals surface area (Å²) in [6.45, 7) is 10.5. The lowest BCUT2D eigenvalue weighted by Crippen LogP contribution is -2.48. The Hall–Kier alpha value is -4.73. The van der Waals surface area contributed by atoms with Gasteiger partial charge in [0.2, 0.25) is 0 Å². The maximum atomic E-state index is 13.4. The fraction of sp³-hybridized carbons (Fsp3) is 0.432. The van der Waals surface area contributed by atoms with E-state index in [4.69, 9.17) is 9.72 Å². The molecule has 10 nitrogen and oxygen atoms in total. The third-order valence-corrected chi connectivity index (χ3v) is 8.95. The molecule has 1 fully saturated rings. The molecule has 47 heavy (non-hydrogen) atoms. The highest BCUT2D eigenvalue weighted by Crippen LogP contribution is 2.29. The molecule has 0 saturated carbocycles. The predicted octanol–water partition coefficient (Wildman–Crippen LogP) is 5.23. The van der Waals surface area contributed by atoms with E-state index in [1.165, 1.54) is 17.7 Å². The van der Waals surface area contributed by atoms with Gasteiger partial charge in [0.1, 0.15) is 35.3 Å². The fourth-order valence-corrected chi connectivity index (χ4v) is 6.51. The van der Waals surface area contributed by atoms with Crippen LogP contribution < -0.4 is 25.4 Å². The summed E-state index contributed by atoms with van der Waals surface area (Å²) in [6, 6.07) is 15.1. The van der Waals surface area contributed by atoms with E-state index < -0.39 is 17.6 Å². The van der Waals surface area contributed by atoms with Crippen LogP contribution in [0.1, 0.15) is 74.5 Å². The molecule has 1 atom stereocenters. The lowest BCUT2D eigenvalue weighted by molar-refractivity contribution is -0.724. The molecule has 0 unspecified atom stereocenters. The molecule has 1 saturated heterocycles. The molecule has 0 spiro atoms. The smallest absolute Gasteiger partial charge is 0.331 e. The van der Waals surface area contributed by atoms with Crippen molar-refractivity contribution in [2.75, 3.05) is 41.7 Å². The molecule has 0 bridgehead atoms. The second kappa shape index (κ2) is 13.9. The number of ether oxygens (including phenoxy) is 1. The van der Waals surface area contributed by atoms with Crippen molar-refractivity contribution in [2.45, 2.75) is 77.5 Å². The number of hydrogen-bond acceptors (Lipinski definition) is 8. The molecule has 0 aliphatic carbocycles. The van der Waals surface area contributed by atoms with Crippen molar-refractivity contribution >= 4 is 40.0 Å². The summed E-state index contributed by atoms with van der Waals surface area (Å²) in [5, 5.41) is 11.8. The summed E-state index contributed by atoms with van der Waals surface area (Å²) in [5.74, 6) is 0.712. The number of nitrogens with one attached hydrogen (secondary N) is 3. The molecule has 2 aromatic heterocycles. The Labute approximate surface area is 276 Å². The van der Waals surface area contributed by atoms with E-state index in [1.807, 2.05) is 57.2 Å². The number of hydrogen-bond donors (Lipinski definition) is 3. The van der Waals surface area contributed by atoms with Crippen molar-refractivity contribution in [3.63, 3.8) is 0 Å². The molecular formula is C37H46N7O3+. The van der Waals surface area contributed by atoms with E-state index in [-0.39, 0.29) is 12.5 Å². The van der Waals surface area contributed by atoms with Crippen molar-refractivity contribution in [1.29, 1.82) is 0 Å². The summed E-state index contributed by atoms with van der Waals surface area (Å²) >= 11 is 0. The molecule has 0 radical (unpaired) electrons. The van der Waals surface area contributed by atoms with Crippen LogP contribution in [0.4, 0.5) is 17.3 Å². The summed E-state index contributed by atoms with van der Waals surface area (Å²) in [5.41, 5.74) is 3.42. The summed E-state index contributed by atoms with van der Waals surface area (Å²) in [6.07, 6.45) is 11.2. The Morgan fingerprint density at radius 1 is 1.09 bits per heavy atom. The van der Waals surface area contributed by atoms with Crippen LogP contribution >= 0.6 is 0 Å². The van der Waals surface area contributed by atoms with Crippen LogP contribution in [0.3, 0.4) is 0 Å². The van der Waals surface area contributed by atoms with Gasteiger partial charge in [0.05, 0.1) is 0 Å². The highest BCUT2D eigenvalue weighted by molar-refractivity contribution is 6.00. The minimum absolute atomic E-state index is 0.114. The van der Waals surface area contributed by atoms with Crippen LogP contribution in [0.2, 0.25) is 0 Å². The highest BCUT2D eigenvalue weighted by Gasteiger charge is 2.30. The molecule has 1 amide bonds. The first-order chi connectivity index (χ1) is 22.7. The second-order valence-electron chi connectivity index (χ2n) is 13.5. The predicted molar refractivity (Wildman–Crippen MR) is 185 cm³/mol. The standard InChI is InChI=1S/C37H45N7O3/c1-5-30-33(40-24-41-34(30)43-19-15-29(16-20-43)44-18-14-26-11-8-17-38-32(26)23-44)39-22-31(36(46)47-37(2,3)4)42-35(45)28-13-12-25-9-6-7-10-27(25)21-28/h6-7,9-10,12-14,18,21,23-24,29,31,38H,5,8,11,15-17,19-20,22H2,1-4H3,(H-,39,40,41,42,45)/p+1/t31-/m0/s1. The van der Waals surface area contributed by atoms with Crippen molar-refractivity contribution in [3.8, 4) is 0 Å². The average Bonchev–Trinajstić information content (AvgIpc) is 3.08. The number of esters is 1. The topological polar surface area (TPSA) is 112 Å². The van der Waals surface area contributed by atoms with Crippen LogP contribution in [0.15, 0.2) is 67.3 Å². The molecule has 4 heterocycles. The van der Waals surface area contributed by atoms with Gasteiger partial charge < -0.3 is 25.6 Å². The molecular weight excluding hydrogens is 590 g/mol. The number of carbonyl (C=O) groups is 2. The number of benzene rings is 2. The summed E-state index contributed by atoms with van der Waals surface area (Å²) in [4.78, 5) is 38.3. The van der Waals surface area contributed by atoms with E-state index in [9.17, 15) is 9.59 Å². The van der Waals surface area contributed by atoms with E-state index in [0.29, 0.717) is 23.8 Å². The van der Waals surface area contributed by atoms with Gasteiger partial charge in [-0.1, -0.05) is 37.3 Å². The summed E-state index contributed by atoms with van der Waals surface area (Å²) < 4.78 is 8.07. The Morgan fingerprint density at radius 2 is 1.87 bits per heavy atom. The van der Waals surface area contributed by atoms with Crippen molar-refractivity contribution in [2.24, 2.45) is 0 Å². The number of aryl methyl sites for hydroxylation is 1. The Bertz CT molecular complexity index is 1740. The van der Waals surface area contributed by atoms with Gasteiger partial charge in [0.15, 0.2) is 18.4 Å². The van der Waals surface area contributed by atoms with Crippen molar-refractivity contribution in [3.05, 3.63) is 83.9 Å². The number of rotatable bonds is 9. The zero-order valence-corrected chi connectivity index (χ0v) is 27.9. The zero-order chi connectivity index (χ0) is 33.0. The number of carbonyl (C=O) groups excluding carboxylic acids is 2. The van der Waals surface area contributed by atoms with Crippen LogP contribution in [0.25, 0.3) is 10.8 Å². The first-order valence-corrected chi connectivity index (χ1v) is 16.8. The van der Waals surface area contributed by atoms with Gasteiger partial charge in [0.25, 0.3) is 5.91 Å². The minimum Gasteiger partial charge on any atom is -0.458 e. The molecule has 2 aliphatic heterocycles. The maximum absolute atomic E-state index is 13.4. The Kier molecular flexibility index (Phi) is 9.56. The number of aromatic nitrogens is 3. The SMILES string of the molecule is CCc1c(NC[C@H](NC(=O)c2ccc3ccccc3c2)C(=O)OC(C)(C)C)ncnc1N1CCC([n+]2ccc3c(c2)NCCC3)CC1. The number of anilines is 3. The van der Waals surface area contributed by atoms with E-state index in [1.54, 1.807) is 12.4 Å². The number of amides is 1. The summed E-state index contributed by atoms with van der Waals surface area (Å²) in [7, 11) is 0. The lowest BCUT2D eigenvalue weighted by atomic mass is 10.0. The average molecular weight is 637 g/mol. The Balaban J connectivity index is 1.15. The molecule has 4 aromatic rings. The third-order valence-electron chi connectivity index (χ3n) is 8.95. The zero-order valence-electron chi connectivity index (χ0n) is 27.9. The maximum Gasteiger partial charge on any atom is 0.331 e. The molecule has 2 aliphatic rings. The van der Waals surface area contributed by atoms with Gasteiger partial charge in [-0.2, -0.15) is 0 Å². The number of fused-ring (bicyclic) bond motifs is 2. The van der Waals surface area contributed by atoms with E-state index >= 15 is 0 Å². The second-order valence-corrected chi connectivity index (χ2v) is 13.5. The van der Waals surface area contributed by atoms with Gasteiger partial charge in [-0.15, -0.1) is 0 Å². The minimum atomic E-state index is -0.935. The molecule has 246 valence electrons.